The number of aryl methyl sites for hydroxylation is 2. The van der Waals surface area contributed by atoms with Gasteiger partial charge in [0, 0.05) is 5.56 Å². The van der Waals surface area contributed by atoms with E-state index in [-0.39, 0.29) is 17.8 Å². The van der Waals surface area contributed by atoms with Crippen molar-refractivity contribution in [1.29, 1.82) is 0 Å². The molecule has 7 heteroatoms. The maximum Gasteiger partial charge on any atom is 0.251 e. The highest BCUT2D eigenvalue weighted by atomic mass is 16.2. The molecule has 2 aromatic rings. The highest BCUT2D eigenvalue weighted by Crippen LogP contribution is 2.04. The molecule has 1 aromatic heterocycles. The number of nitrogens with one attached hydrogen (secondary N) is 3. The van der Waals surface area contributed by atoms with Gasteiger partial charge in [-0.2, -0.15) is 4.98 Å². The summed E-state index contributed by atoms with van der Waals surface area (Å²) in [6, 6.07) is 6.46. The Labute approximate surface area is 122 Å². The second-order valence-electron chi connectivity index (χ2n) is 4.80. The molecule has 0 saturated heterocycles. The Kier molecular flexibility index (Phi) is 4.32. The van der Waals surface area contributed by atoms with Crippen molar-refractivity contribution in [3.8, 4) is 0 Å². The maximum absolute atomic E-state index is 12.0. The first-order valence-corrected chi connectivity index (χ1v) is 6.53. The summed E-state index contributed by atoms with van der Waals surface area (Å²) in [6.45, 7) is 5.23. The molecule has 7 nitrogen and oxygen atoms in total. The molecule has 21 heavy (non-hydrogen) atoms. The lowest BCUT2D eigenvalue weighted by Gasteiger charge is -2.12. The molecule has 2 rings (SSSR count). The van der Waals surface area contributed by atoms with Gasteiger partial charge in [0.25, 0.3) is 5.91 Å². The largest absolute Gasteiger partial charge is 0.341 e. The number of aromatic nitrogens is 3. The molecular weight excluding hydrogens is 270 g/mol. The van der Waals surface area contributed by atoms with Crippen LogP contribution in [0.15, 0.2) is 24.3 Å². The predicted octanol–water partition coefficient (Wildman–Crippen LogP) is 1.18. The monoisotopic (exact) mass is 287 g/mol. The van der Waals surface area contributed by atoms with Gasteiger partial charge in [0.05, 0.1) is 0 Å². The van der Waals surface area contributed by atoms with Crippen LogP contribution in [0.2, 0.25) is 0 Å². The molecule has 0 aliphatic heterocycles. The Bertz CT molecular complexity index is 665. The average Bonchev–Trinajstić information content (AvgIpc) is 2.84. The van der Waals surface area contributed by atoms with Gasteiger partial charge < -0.3 is 5.32 Å². The maximum atomic E-state index is 12.0. The Balaban J connectivity index is 1.95. The molecule has 0 unspecified atom stereocenters. The van der Waals surface area contributed by atoms with Gasteiger partial charge in [0.1, 0.15) is 11.9 Å². The van der Waals surface area contributed by atoms with Crippen LogP contribution in [0, 0.1) is 13.8 Å². The van der Waals surface area contributed by atoms with E-state index in [4.69, 9.17) is 0 Å². The molecule has 0 saturated carbocycles. The normalized spacial score (nSPS) is 11.8. The van der Waals surface area contributed by atoms with E-state index in [1.165, 1.54) is 0 Å². The minimum absolute atomic E-state index is 0.189. The molecule has 0 aliphatic carbocycles. The summed E-state index contributed by atoms with van der Waals surface area (Å²) < 4.78 is 0. The molecule has 1 heterocycles. The first kappa shape index (κ1) is 14.7. The number of hydrogen-bond donors (Lipinski definition) is 3. The van der Waals surface area contributed by atoms with E-state index in [2.05, 4.69) is 25.8 Å². The summed E-state index contributed by atoms with van der Waals surface area (Å²) in [7, 11) is 0. The van der Waals surface area contributed by atoms with Crippen LogP contribution in [0.25, 0.3) is 0 Å². The molecule has 110 valence electrons. The Morgan fingerprint density at radius 3 is 2.67 bits per heavy atom. The van der Waals surface area contributed by atoms with Crippen LogP contribution >= 0.6 is 0 Å². The lowest BCUT2D eigenvalue weighted by atomic mass is 10.1. The third kappa shape index (κ3) is 3.88. The summed E-state index contributed by atoms with van der Waals surface area (Å²) in [4.78, 5) is 27.9. The summed E-state index contributed by atoms with van der Waals surface area (Å²) >= 11 is 0. The van der Waals surface area contributed by atoms with E-state index < -0.39 is 6.04 Å². The number of hydrogen-bond acceptors (Lipinski definition) is 4. The van der Waals surface area contributed by atoms with Gasteiger partial charge >= 0.3 is 0 Å². The van der Waals surface area contributed by atoms with E-state index in [0.717, 1.165) is 5.56 Å². The van der Waals surface area contributed by atoms with E-state index in [1.807, 2.05) is 13.0 Å². The number of carbonyl (C=O) groups is 2. The van der Waals surface area contributed by atoms with E-state index in [9.17, 15) is 9.59 Å². The van der Waals surface area contributed by atoms with Crippen LogP contribution in [0.3, 0.4) is 0 Å². The number of benzene rings is 1. The van der Waals surface area contributed by atoms with Gasteiger partial charge in [-0.3, -0.25) is 20.0 Å². The molecule has 0 aliphatic rings. The van der Waals surface area contributed by atoms with Gasteiger partial charge in [-0.25, -0.2) is 0 Å². The first-order valence-electron chi connectivity index (χ1n) is 6.53. The van der Waals surface area contributed by atoms with Crippen molar-refractivity contribution >= 4 is 17.8 Å². The molecule has 0 bridgehead atoms. The Morgan fingerprint density at radius 1 is 1.29 bits per heavy atom. The van der Waals surface area contributed by atoms with Gasteiger partial charge in [-0.1, -0.05) is 17.7 Å². The quantitative estimate of drug-likeness (QED) is 0.786. The van der Waals surface area contributed by atoms with E-state index >= 15 is 0 Å². The predicted molar refractivity (Wildman–Crippen MR) is 77.9 cm³/mol. The second kappa shape index (κ2) is 6.17. The van der Waals surface area contributed by atoms with E-state index in [0.29, 0.717) is 11.4 Å². The zero-order chi connectivity index (χ0) is 15.4. The molecule has 1 aromatic carbocycles. The highest BCUT2D eigenvalue weighted by Gasteiger charge is 2.18. The van der Waals surface area contributed by atoms with Crippen LogP contribution < -0.4 is 10.6 Å². The molecule has 3 N–H and O–H groups in total. The number of nitrogens with zero attached hydrogens (tertiary/aromatic N) is 2. The fourth-order valence-corrected chi connectivity index (χ4v) is 1.75. The number of anilines is 1. The van der Waals surface area contributed by atoms with Gasteiger partial charge in [0.15, 0.2) is 0 Å². The number of carbonyl (C=O) groups excluding carboxylic acids is 2. The fraction of sp³-hybridized carbons (Fsp3) is 0.286. The minimum atomic E-state index is -0.697. The smallest absolute Gasteiger partial charge is 0.251 e. The molecule has 0 radical (unpaired) electrons. The Hall–Kier alpha value is -2.70. The van der Waals surface area contributed by atoms with Gasteiger partial charge in [-0.05, 0) is 32.9 Å². The number of rotatable bonds is 4. The average molecular weight is 287 g/mol. The van der Waals surface area contributed by atoms with E-state index in [1.54, 1.807) is 32.0 Å². The zero-order valence-corrected chi connectivity index (χ0v) is 12.1. The van der Waals surface area contributed by atoms with Crippen LogP contribution in [0.4, 0.5) is 5.95 Å². The van der Waals surface area contributed by atoms with Crippen molar-refractivity contribution in [2.75, 3.05) is 5.32 Å². The van der Waals surface area contributed by atoms with Gasteiger partial charge in [-0.15, -0.1) is 5.10 Å². The first-order chi connectivity index (χ1) is 9.95. The van der Waals surface area contributed by atoms with Crippen molar-refractivity contribution in [1.82, 2.24) is 20.5 Å². The van der Waals surface area contributed by atoms with Crippen LogP contribution in [0.1, 0.15) is 28.7 Å². The van der Waals surface area contributed by atoms with Crippen molar-refractivity contribution in [2.24, 2.45) is 0 Å². The summed E-state index contributed by atoms with van der Waals surface area (Å²) in [6.07, 6.45) is 0. The summed E-state index contributed by atoms with van der Waals surface area (Å²) in [5, 5.41) is 11.6. The Morgan fingerprint density at radius 2 is 2.05 bits per heavy atom. The lowest BCUT2D eigenvalue weighted by molar-refractivity contribution is -0.117. The van der Waals surface area contributed by atoms with Crippen molar-refractivity contribution in [3.63, 3.8) is 0 Å². The number of amides is 2. The van der Waals surface area contributed by atoms with Crippen LogP contribution in [0.5, 0.6) is 0 Å². The highest BCUT2D eigenvalue weighted by molar-refractivity contribution is 6.00. The summed E-state index contributed by atoms with van der Waals surface area (Å²) in [5.74, 6) is 0.110. The standard InChI is InChI=1S/C14H17N5O2/c1-8-5-4-6-11(7-8)13(21)15-9(2)12(20)17-14-16-10(3)18-19-14/h4-7,9H,1-3H3,(H,15,21)(H2,16,17,18,19,20)/t9-/m0/s1. The molecule has 1 atom stereocenters. The number of H-pyrrole nitrogens is 1. The van der Waals surface area contributed by atoms with Crippen LogP contribution in [-0.4, -0.2) is 33.0 Å². The molecule has 2 amide bonds. The molecule has 0 fully saturated rings. The van der Waals surface area contributed by atoms with Gasteiger partial charge in [0.2, 0.25) is 11.9 Å². The van der Waals surface area contributed by atoms with Crippen molar-refractivity contribution in [3.05, 3.63) is 41.2 Å². The number of aromatic amines is 1. The zero-order valence-electron chi connectivity index (χ0n) is 12.1. The van der Waals surface area contributed by atoms with Crippen molar-refractivity contribution < 1.29 is 9.59 Å². The van der Waals surface area contributed by atoms with Crippen LogP contribution in [-0.2, 0) is 4.79 Å². The molecular formula is C14H17N5O2. The third-order valence-corrected chi connectivity index (χ3v) is 2.85. The minimum Gasteiger partial charge on any atom is -0.341 e. The van der Waals surface area contributed by atoms with Crippen molar-refractivity contribution in [2.45, 2.75) is 26.8 Å². The summed E-state index contributed by atoms with van der Waals surface area (Å²) in [5.41, 5.74) is 1.50. The fourth-order valence-electron chi connectivity index (χ4n) is 1.75. The topological polar surface area (TPSA) is 99.8 Å². The SMILES string of the molecule is Cc1cccc(C(=O)N[C@@H](C)C(=O)Nc2n[nH]c(C)n2)c1. The molecule has 0 spiro atoms. The second-order valence-corrected chi connectivity index (χ2v) is 4.80. The lowest BCUT2D eigenvalue weighted by Crippen LogP contribution is -2.41. The third-order valence-electron chi connectivity index (χ3n) is 2.85.